The Labute approximate surface area is 102 Å². The molecule has 1 heterocycles. The Hall–Kier alpha value is -2.21. The van der Waals surface area contributed by atoms with E-state index in [0.29, 0.717) is 12.1 Å². The lowest BCUT2D eigenvalue weighted by Gasteiger charge is -2.04. The second kappa shape index (κ2) is 5.42. The van der Waals surface area contributed by atoms with E-state index in [0.717, 1.165) is 11.6 Å². The molecule has 0 radical (unpaired) electrons. The minimum atomic E-state index is -0.520. The first-order valence-electron chi connectivity index (χ1n) is 5.31. The molecule has 0 atom stereocenters. The molecule has 2 rings (SSSR count). The largest absolute Gasteiger partial charge is 0.472 e. The summed E-state index contributed by atoms with van der Waals surface area (Å²) in [5, 5.41) is 13.8. The Morgan fingerprint density at radius 2 is 2.17 bits per heavy atom. The van der Waals surface area contributed by atoms with Crippen molar-refractivity contribution in [1.82, 2.24) is 5.32 Å². The van der Waals surface area contributed by atoms with E-state index in [1.807, 2.05) is 0 Å². The van der Waals surface area contributed by atoms with E-state index in [4.69, 9.17) is 4.42 Å². The highest BCUT2D eigenvalue weighted by Crippen LogP contribution is 2.19. The molecule has 0 bridgehead atoms. The molecule has 0 saturated carbocycles. The second-order valence-corrected chi connectivity index (χ2v) is 3.77. The quantitative estimate of drug-likeness (QED) is 0.654. The van der Waals surface area contributed by atoms with Crippen LogP contribution < -0.4 is 5.32 Å². The number of rotatable bonds is 5. The molecular formula is C12H11FN2O3. The molecule has 1 aromatic carbocycles. The van der Waals surface area contributed by atoms with Crippen molar-refractivity contribution in [2.24, 2.45) is 0 Å². The van der Waals surface area contributed by atoms with Crippen molar-refractivity contribution in [3.63, 3.8) is 0 Å². The highest BCUT2D eigenvalue weighted by atomic mass is 19.1. The molecule has 0 unspecified atom stereocenters. The van der Waals surface area contributed by atoms with Crippen molar-refractivity contribution in [2.75, 3.05) is 0 Å². The maximum Gasteiger partial charge on any atom is 0.274 e. The van der Waals surface area contributed by atoms with Crippen molar-refractivity contribution in [3.05, 3.63) is 63.9 Å². The Kier molecular flexibility index (Phi) is 3.69. The van der Waals surface area contributed by atoms with Gasteiger partial charge >= 0.3 is 0 Å². The van der Waals surface area contributed by atoms with Gasteiger partial charge in [-0.25, -0.2) is 4.39 Å². The first-order valence-corrected chi connectivity index (χ1v) is 5.31. The van der Waals surface area contributed by atoms with E-state index in [9.17, 15) is 14.5 Å². The van der Waals surface area contributed by atoms with Gasteiger partial charge in [-0.15, -0.1) is 0 Å². The smallest absolute Gasteiger partial charge is 0.274 e. The first kappa shape index (κ1) is 12.3. The predicted molar refractivity (Wildman–Crippen MR) is 62.3 cm³/mol. The Morgan fingerprint density at radius 1 is 1.33 bits per heavy atom. The highest BCUT2D eigenvalue weighted by molar-refractivity contribution is 5.40. The van der Waals surface area contributed by atoms with Crippen LogP contribution in [0.5, 0.6) is 0 Å². The van der Waals surface area contributed by atoms with Crippen LogP contribution in [-0.2, 0) is 13.1 Å². The van der Waals surface area contributed by atoms with Crippen LogP contribution in [0.25, 0.3) is 0 Å². The van der Waals surface area contributed by atoms with Crippen LogP contribution in [0.1, 0.15) is 11.1 Å². The average molecular weight is 250 g/mol. The molecular weight excluding hydrogens is 239 g/mol. The van der Waals surface area contributed by atoms with Crippen LogP contribution in [0, 0.1) is 15.9 Å². The van der Waals surface area contributed by atoms with Crippen molar-refractivity contribution in [2.45, 2.75) is 13.1 Å². The zero-order valence-electron chi connectivity index (χ0n) is 9.43. The maximum absolute atomic E-state index is 13.0. The third-order valence-electron chi connectivity index (χ3n) is 2.46. The normalized spacial score (nSPS) is 10.5. The van der Waals surface area contributed by atoms with Crippen molar-refractivity contribution >= 4 is 5.69 Å². The minimum Gasteiger partial charge on any atom is -0.472 e. The third-order valence-corrected chi connectivity index (χ3v) is 2.46. The monoisotopic (exact) mass is 250 g/mol. The van der Waals surface area contributed by atoms with Crippen LogP contribution in [0.2, 0.25) is 0 Å². The molecule has 0 aliphatic heterocycles. The number of nitrogens with one attached hydrogen (secondary N) is 1. The van der Waals surface area contributed by atoms with E-state index in [1.54, 1.807) is 18.6 Å². The molecule has 5 nitrogen and oxygen atoms in total. The van der Waals surface area contributed by atoms with E-state index in [-0.39, 0.29) is 12.2 Å². The number of nitrogens with zero attached hydrogens (tertiary/aromatic N) is 1. The van der Waals surface area contributed by atoms with Gasteiger partial charge in [-0.05, 0) is 18.2 Å². The van der Waals surface area contributed by atoms with Crippen LogP contribution in [0.3, 0.4) is 0 Å². The number of benzene rings is 1. The zero-order valence-corrected chi connectivity index (χ0v) is 9.43. The van der Waals surface area contributed by atoms with Crippen molar-refractivity contribution in [1.29, 1.82) is 0 Å². The van der Waals surface area contributed by atoms with E-state index in [2.05, 4.69) is 5.32 Å². The number of nitro benzene ring substituents is 1. The van der Waals surface area contributed by atoms with Crippen LogP contribution >= 0.6 is 0 Å². The summed E-state index contributed by atoms with van der Waals surface area (Å²) in [6, 6.07) is 5.20. The summed E-state index contributed by atoms with van der Waals surface area (Å²) in [4.78, 5) is 10.2. The Balaban J connectivity index is 2.03. The number of hydrogen-bond donors (Lipinski definition) is 1. The van der Waals surface area contributed by atoms with Gasteiger partial charge in [0.25, 0.3) is 5.69 Å². The van der Waals surface area contributed by atoms with Crippen molar-refractivity contribution in [3.8, 4) is 0 Å². The molecule has 0 aliphatic rings. The zero-order chi connectivity index (χ0) is 13.0. The predicted octanol–water partition coefficient (Wildman–Crippen LogP) is 2.62. The Morgan fingerprint density at radius 3 is 2.83 bits per heavy atom. The van der Waals surface area contributed by atoms with Gasteiger partial charge in [-0.3, -0.25) is 10.1 Å². The molecule has 1 N–H and O–H groups in total. The molecule has 94 valence electrons. The Bertz CT molecular complexity index is 540. The van der Waals surface area contributed by atoms with Gasteiger partial charge in [-0.2, -0.15) is 0 Å². The lowest BCUT2D eigenvalue weighted by molar-refractivity contribution is -0.385. The van der Waals surface area contributed by atoms with Gasteiger partial charge in [0.05, 0.1) is 17.4 Å². The summed E-state index contributed by atoms with van der Waals surface area (Å²) in [5.41, 5.74) is 1.16. The van der Waals surface area contributed by atoms with Crippen molar-refractivity contribution < 1.29 is 13.7 Å². The lowest BCUT2D eigenvalue weighted by Crippen LogP contribution is -2.13. The lowest BCUT2D eigenvalue weighted by atomic mass is 10.1. The number of hydrogen-bond acceptors (Lipinski definition) is 4. The molecule has 0 fully saturated rings. The molecule has 1 aromatic heterocycles. The van der Waals surface area contributed by atoms with Crippen LogP contribution in [-0.4, -0.2) is 4.92 Å². The fraction of sp³-hybridized carbons (Fsp3) is 0.167. The fourth-order valence-corrected chi connectivity index (χ4v) is 1.61. The summed E-state index contributed by atoms with van der Waals surface area (Å²) in [6.07, 6.45) is 3.12. The van der Waals surface area contributed by atoms with Gasteiger partial charge < -0.3 is 9.73 Å². The molecule has 0 aliphatic carbocycles. The van der Waals surface area contributed by atoms with Gasteiger partial charge in [0.2, 0.25) is 0 Å². The number of nitro groups is 1. The van der Waals surface area contributed by atoms with E-state index < -0.39 is 10.7 Å². The van der Waals surface area contributed by atoms with E-state index >= 15 is 0 Å². The molecule has 0 spiro atoms. The fourth-order valence-electron chi connectivity index (χ4n) is 1.61. The second-order valence-electron chi connectivity index (χ2n) is 3.77. The van der Waals surface area contributed by atoms with Gasteiger partial charge in [0.1, 0.15) is 5.82 Å². The van der Waals surface area contributed by atoms with Gasteiger partial charge in [0, 0.05) is 30.3 Å². The van der Waals surface area contributed by atoms with Gasteiger partial charge in [-0.1, -0.05) is 0 Å². The highest BCUT2D eigenvalue weighted by Gasteiger charge is 2.13. The summed E-state index contributed by atoms with van der Waals surface area (Å²) in [6.45, 7) is 0.726. The summed E-state index contributed by atoms with van der Waals surface area (Å²) < 4.78 is 17.9. The standard InChI is InChI=1S/C12H11FN2O3/c13-11-1-2-12(15(16)17)10(5-11)7-14-6-9-3-4-18-8-9/h1-5,8,14H,6-7H2. The third kappa shape index (κ3) is 2.92. The van der Waals surface area contributed by atoms with Gasteiger partial charge in [0.15, 0.2) is 0 Å². The molecule has 6 heteroatoms. The molecule has 0 amide bonds. The SMILES string of the molecule is O=[N+]([O-])c1ccc(F)cc1CNCc1ccoc1. The summed E-state index contributed by atoms with van der Waals surface area (Å²) in [7, 11) is 0. The molecule has 2 aromatic rings. The van der Waals surface area contributed by atoms with Crippen LogP contribution in [0.4, 0.5) is 10.1 Å². The minimum absolute atomic E-state index is 0.0870. The average Bonchev–Trinajstić information content (AvgIpc) is 2.82. The summed E-state index contributed by atoms with van der Waals surface area (Å²) in [5.74, 6) is -0.485. The number of furan rings is 1. The first-order chi connectivity index (χ1) is 8.66. The molecule has 0 saturated heterocycles. The van der Waals surface area contributed by atoms with Crippen LogP contribution in [0.15, 0.2) is 41.2 Å². The van der Waals surface area contributed by atoms with E-state index in [1.165, 1.54) is 12.1 Å². The topological polar surface area (TPSA) is 68.3 Å². The number of halogens is 1. The maximum atomic E-state index is 13.0. The molecule has 18 heavy (non-hydrogen) atoms. The summed E-state index contributed by atoms with van der Waals surface area (Å²) >= 11 is 0.